The minimum absolute atomic E-state index is 1.24. The summed E-state index contributed by atoms with van der Waals surface area (Å²) < 4.78 is 0. The van der Waals surface area contributed by atoms with Crippen molar-refractivity contribution in [1.82, 2.24) is 0 Å². The maximum absolute atomic E-state index is 2.74. The van der Waals surface area contributed by atoms with Gasteiger partial charge in [-0.25, -0.2) is 0 Å². The van der Waals surface area contributed by atoms with E-state index >= 15 is 0 Å². The smallest absolute Gasteiger partial charge is 0.0154 e. The van der Waals surface area contributed by atoms with E-state index in [2.05, 4.69) is 66.4 Å². The van der Waals surface area contributed by atoms with Crippen LogP contribution in [0.25, 0.3) is 11.1 Å². The molecule has 0 N–H and O–H groups in total. The normalized spacial score (nSPS) is 10.5. The molecule has 0 aliphatic carbocycles. The minimum atomic E-state index is 1.24. The summed E-state index contributed by atoms with van der Waals surface area (Å²) in [6, 6.07) is 13.2. The van der Waals surface area contributed by atoms with Crippen molar-refractivity contribution in [3.8, 4) is 11.1 Å². The van der Waals surface area contributed by atoms with Gasteiger partial charge in [0.2, 0.25) is 0 Å². The molecule has 1 heteroatoms. The maximum Gasteiger partial charge on any atom is -0.0154 e. The second-order valence-corrected chi connectivity index (χ2v) is 5.04. The lowest BCUT2D eigenvalue weighted by Crippen LogP contribution is -1.93. The fourth-order valence-electron chi connectivity index (χ4n) is 1.92. The zero-order chi connectivity index (χ0) is 11.7. The fraction of sp³-hybridized carbons (Fsp3) is 0.200. The Morgan fingerprint density at radius 1 is 0.750 bits per heavy atom. The number of hydrogen-bond donors (Lipinski definition) is 0. The Balaban J connectivity index is 2.54. The molecule has 2 rings (SSSR count). The van der Waals surface area contributed by atoms with Crippen LogP contribution in [0.5, 0.6) is 0 Å². The molecule has 0 nitrogen and oxygen atoms in total. The number of benzene rings is 2. The van der Waals surface area contributed by atoms with Crippen LogP contribution >= 0.6 is 9.24 Å². The summed E-state index contributed by atoms with van der Waals surface area (Å²) in [4.78, 5) is 0. The van der Waals surface area contributed by atoms with Crippen molar-refractivity contribution in [3.05, 3.63) is 53.1 Å². The van der Waals surface area contributed by atoms with Gasteiger partial charge in [-0.15, -0.1) is 9.24 Å². The molecule has 0 bridgehead atoms. The largest absolute Gasteiger partial charge is 0.106 e. The van der Waals surface area contributed by atoms with E-state index in [9.17, 15) is 0 Å². The Labute approximate surface area is 99.9 Å². The van der Waals surface area contributed by atoms with E-state index in [1.165, 1.54) is 33.1 Å². The maximum atomic E-state index is 2.74. The summed E-state index contributed by atoms with van der Waals surface area (Å²) in [5.74, 6) is 0. The van der Waals surface area contributed by atoms with E-state index in [1.54, 1.807) is 0 Å². The van der Waals surface area contributed by atoms with E-state index in [1.807, 2.05) is 0 Å². The average Bonchev–Trinajstić information content (AvgIpc) is 2.22. The van der Waals surface area contributed by atoms with Crippen LogP contribution in [0.4, 0.5) is 0 Å². The van der Waals surface area contributed by atoms with Gasteiger partial charge in [-0.2, -0.15) is 0 Å². The zero-order valence-corrected chi connectivity index (χ0v) is 11.2. The van der Waals surface area contributed by atoms with Gasteiger partial charge in [0.05, 0.1) is 0 Å². The van der Waals surface area contributed by atoms with Crippen molar-refractivity contribution >= 4 is 14.5 Å². The van der Waals surface area contributed by atoms with Gasteiger partial charge in [0.1, 0.15) is 0 Å². The Morgan fingerprint density at radius 2 is 1.50 bits per heavy atom. The molecule has 0 aliphatic heterocycles. The summed E-state index contributed by atoms with van der Waals surface area (Å²) in [5.41, 5.74) is 6.67. The van der Waals surface area contributed by atoms with Gasteiger partial charge in [-0.05, 0) is 53.9 Å². The third kappa shape index (κ3) is 2.18. The van der Waals surface area contributed by atoms with Crippen molar-refractivity contribution in [2.45, 2.75) is 20.8 Å². The van der Waals surface area contributed by atoms with E-state index in [-0.39, 0.29) is 0 Å². The van der Waals surface area contributed by atoms with Gasteiger partial charge in [0.25, 0.3) is 0 Å². The molecule has 82 valence electrons. The number of rotatable bonds is 1. The highest BCUT2D eigenvalue weighted by molar-refractivity contribution is 7.27. The Morgan fingerprint density at radius 3 is 2.12 bits per heavy atom. The first-order valence-electron chi connectivity index (χ1n) is 5.51. The molecular weight excluding hydrogens is 211 g/mol. The molecule has 0 aromatic heterocycles. The van der Waals surface area contributed by atoms with Crippen LogP contribution in [0.3, 0.4) is 0 Å². The number of aryl methyl sites for hydroxylation is 3. The quantitative estimate of drug-likeness (QED) is 0.652. The predicted octanol–water partition coefficient (Wildman–Crippen LogP) is 3.78. The average molecular weight is 228 g/mol. The molecule has 0 saturated heterocycles. The third-order valence-corrected chi connectivity index (χ3v) is 3.43. The van der Waals surface area contributed by atoms with Crippen molar-refractivity contribution in [1.29, 1.82) is 0 Å². The van der Waals surface area contributed by atoms with E-state index in [0.29, 0.717) is 0 Å². The highest BCUT2D eigenvalue weighted by atomic mass is 31.0. The summed E-state index contributed by atoms with van der Waals surface area (Å²) in [5, 5.41) is 1.24. The molecule has 16 heavy (non-hydrogen) atoms. The van der Waals surface area contributed by atoms with Gasteiger partial charge < -0.3 is 0 Å². The molecular formula is C15H17P. The SMILES string of the molecule is Cc1ccc(-c2ccc(P)cc2C)cc1C. The monoisotopic (exact) mass is 228 g/mol. The summed E-state index contributed by atoms with van der Waals surface area (Å²) in [6.45, 7) is 6.48. The van der Waals surface area contributed by atoms with E-state index in [4.69, 9.17) is 0 Å². The molecule has 0 radical (unpaired) electrons. The van der Waals surface area contributed by atoms with Gasteiger partial charge in [0, 0.05) is 0 Å². The second-order valence-electron chi connectivity index (χ2n) is 4.37. The van der Waals surface area contributed by atoms with Gasteiger partial charge in [-0.3, -0.25) is 0 Å². The third-order valence-electron chi connectivity index (χ3n) is 3.07. The summed E-state index contributed by atoms with van der Waals surface area (Å²) in [6.07, 6.45) is 0. The zero-order valence-electron chi connectivity index (χ0n) is 10.0. The lowest BCUT2D eigenvalue weighted by Gasteiger charge is -2.09. The molecule has 2 aromatic rings. The predicted molar refractivity (Wildman–Crippen MR) is 75.4 cm³/mol. The van der Waals surface area contributed by atoms with E-state index < -0.39 is 0 Å². The first kappa shape index (κ1) is 11.4. The van der Waals surface area contributed by atoms with Crippen LogP contribution in [0.1, 0.15) is 16.7 Å². The van der Waals surface area contributed by atoms with E-state index in [0.717, 1.165) is 0 Å². The molecule has 1 atom stereocenters. The van der Waals surface area contributed by atoms with Gasteiger partial charge in [-0.1, -0.05) is 36.4 Å². The highest BCUT2D eigenvalue weighted by Gasteiger charge is 2.03. The van der Waals surface area contributed by atoms with Crippen LogP contribution in [0.15, 0.2) is 36.4 Å². The molecule has 0 spiro atoms. The van der Waals surface area contributed by atoms with Crippen molar-refractivity contribution in [2.24, 2.45) is 0 Å². The first-order valence-corrected chi connectivity index (χ1v) is 6.09. The topological polar surface area (TPSA) is 0 Å². The highest BCUT2D eigenvalue weighted by Crippen LogP contribution is 2.24. The molecule has 0 saturated carbocycles. The van der Waals surface area contributed by atoms with Gasteiger partial charge >= 0.3 is 0 Å². The van der Waals surface area contributed by atoms with Gasteiger partial charge in [0.15, 0.2) is 0 Å². The molecule has 0 fully saturated rings. The first-order chi connectivity index (χ1) is 7.58. The minimum Gasteiger partial charge on any atom is -0.106 e. The molecule has 0 heterocycles. The number of hydrogen-bond acceptors (Lipinski definition) is 0. The summed E-state index contributed by atoms with van der Waals surface area (Å²) in [7, 11) is 2.74. The van der Waals surface area contributed by atoms with Crippen molar-refractivity contribution in [2.75, 3.05) is 0 Å². The van der Waals surface area contributed by atoms with Crippen molar-refractivity contribution in [3.63, 3.8) is 0 Å². The molecule has 1 unspecified atom stereocenters. The lowest BCUT2D eigenvalue weighted by atomic mass is 9.97. The fourth-order valence-corrected chi connectivity index (χ4v) is 2.27. The summed E-state index contributed by atoms with van der Waals surface area (Å²) >= 11 is 0. The van der Waals surface area contributed by atoms with Crippen LogP contribution in [0, 0.1) is 20.8 Å². The molecule has 2 aromatic carbocycles. The second kappa shape index (κ2) is 4.39. The molecule has 0 amide bonds. The van der Waals surface area contributed by atoms with Crippen molar-refractivity contribution < 1.29 is 0 Å². The van der Waals surface area contributed by atoms with Crippen LogP contribution < -0.4 is 5.30 Å². The Hall–Kier alpha value is -1.13. The van der Waals surface area contributed by atoms with Crippen LogP contribution in [-0.2, 0) is 0 Å². The Bertz CT molecular complexity index is 527. The van der Waals surface area contributed by atoms with Crippen LogP contribution in [0.2, 0.25) is 0 Å². The standard InChI is InChI=1S/C15H17P/c1-10-4-5-13(8-11(10)2)15-7-6-14(16)9-12(15)3/h4-9H,16H2,1-3H3. The Kier molecular flexibility index (Phi) is 3.12. The van der Waals surface area contributed by atoms with Crippen LogP contribution in [-0.4, -0.2) is 0 Å². The lowest BCUT2D eigenvalue weighted by molar-refractivity contribution is 1.34. The molecule has 0 aliphatic rings.